The van der Waals surface area contributed by atoms with Gasteiger partial charge in [0.15, 0.2) is 0 Å². The summed E-state index contributed by atoms with van der Waals surface area (Å²) in [5, 5.41) is 0.677. The van der Waals surface area contributed by atoms with Crippen LogP contribution in [0.3, 0.4) is 0 Å². The molecular weight excluding hydrogens is 456 g/mol. The van der Waals surface area contributed by atoms with Gasteiger partial charge < -0.3 is 19.6 Å². The predicted octanol–water partition coefficient (Wildman–Crippen LogP) is 5.56. The van der Waals surface area contributed by atoms with E-state index >= 15 is 0 Å². The Bertz CT molecular complexity index is 1460. The quantitative estimate of drug-likeness (QED) is 0.258. The van der Waals surface area contributed by atoms with E-state index in [2.05, 4.69) is 43.9 Å². The van der Waals surface area contributed by atoms with Crippen LogP contribution in [0.1, 0.15) is 18.4 Å². The number of nitrogens with zero attached hydrogens (tertiary/aromatic N) is 1. The Hall–Kier alpha value is -3.16. The largest absolute Gasteiger partial charge is 0.372 e. The molecule has 1 aromatic heterocycles. The molecular formula is C25H23ClN4O2S. The second-order valence-electron chi connectivity index (χ2n) is 8.21. The van der Waals surface area contributed by atoms with Crippen LogP contribution in [-0.4, -0.2) is 23.1 Å². The highest BCUT2D eigenvalue weighted by Gasteiger charge is 2.14. The Morgan fingerprint density at radius 1 is 0.939 bits per heavy atom. The zero-order chi connectivity index (χ0) is 22.9. The van der Waals surface area contributed by atoms with E-state index in [1.165, 1.54) is 30.5 Å². The van der Waals surface area contributed by atoms with Crippen LogP contribution < -0.4 is 20.7 Å². The number of rotatable bonds is 5. The normalized spacial score (nSPS) is 13.6. The lowest BCUT2D eigenvalue weighted by molar-refractivity contribution is 0.949. The highest BCUT2D eigenvalue weighted by atomic mass is 35.5. The summed E-state index contributed by atoms with van der Waals surface area (Å²) in [5.74, 6) is 0. The van der Waals surface area contributed by atoms with Gasteiger partial charge in [-0.25, -0.2) is 0 Å². The molecule has 1 saturated heterocycles. The Morgan fingerprint density at radius 2 is 1.67 bits per heavy atom. The summed E-state index contributed by atoms with van der Waals surface area (Å²) in [4.78, 5) is 31.8. The Balaban J connectivity index is 1.36. The summed E-state index contributed by atoms with van der Waals surface area (Å²) in [6, 6.07) is 18.2. The van der Waals surface area contributed by atoms with Gasteiger partial charge in [0.1, 0.15) is 0 Å². The van der Waals surface area contributed by atoms with Gasteiger partial charge in [0.25, 0.3) is 0 Å². The van der Waals surface area contributed by atoms with Crippen molar-refractivity contribution in [1.82, 2.24) is 9.97 Å². The molecule has 1 aliphatic heterocycles. The molecule has 0 saturated carbocycles. The molecule has 0 radical (unpaired) electrons. The average molecular weight is 479 g/mol. The fourth-order valence-electron chi connectivity index (χ4n) is 4.14. The van der Waals surface area contributed by atoms with Crippen molar-refractivity contribution in [2.45, 2.75) is 24.7 Å². The maximum atomic E-state index is 11.7. The summed E-state index contributed by atoms with van der Waals surface area (Å²) in [7, 11) is 0. The van der Waals surface area contributed by atoms with E-state index in [4.69, 9.17) is 11.6 Å². The van der Waals surface area contributed by atoms with Crippen molar-refractivity contribution < 1.29 is 0 Å². The third-order valence-corrected chi connectivity index (χ3v) is 7.20. The lowest BCUT2D eigenvalue weighted by Gasteiger charge is -2.18. The fourth-order valence-corrected chi connectivity index (χ4v) is 5.18. The highest BCUT2D eigenvalue weighted by molar-refractivity contribution is 8.00. The number of nitrogens with one attached hydrogen (secondary N) is 3. The Morgan fingerprint density at radius 3 is 2.39 bits per heavy atom. The number of fused-ring (bicyclic) bond motifs is 1. The SMILES string of the molecule is Cc1cc2[nH]c(=O)c(=O)[nH]c2cc1SNc1ccc(-c2cccc(N3CCCC3)c2)c(Cl)c1. The van der Waals surface area contributed by atoms with Gasteiger partial charge >= 0.3 is 11.1 Å². The number of aromatic nitrogens is 2. The third-order valence-electron chi connectivity index (χ3n) is 5.89. The predicted molar refractivity (Wildman–Crippen MR) is 138 cm³/mol. The van der Waals surface area contributed by atoms with Crippen molar-refractivity contribution in [3.8, 4) is 11.1 Å². The minimum absolute atomic E-state index is 0.584. The molecule has 0 spiro atoms. The van der Waals surface area contributed by atoms with Gasteiger partial charge in [0.2, 0.25) is 0 Å². The highest BCUT2D eigenvalue weighted by Crippen LogP contribution is 2.35. The number of halogens is 1. The fraction of sp³-hybridized carbons (Fsp3) is 0.200. The van der Waals surface area contributed by atoms with Crippen molar-refractivity contribution in [2.24, 2.45) is 0 Å². The summed E-state index contributed by atoms with van der Waals surface area (Å²) in [6.45, 7) is 4.17. The second kappa shape index (κ2) is 9.00. The molecule has 0 aliphatic carbocycles. The monoisotopic (exact) mass is 478 g/mol. The number of aryl methyl sites for hydroxylation is 1. The Kier molecular flexibility index (Phi) is 5.91. The molecule has 3 N–H and O–H groups in total. The summed E-state index contributed by atoms with van der Waals surface area (Å²) >= 11 is 8.09. The molecule has 168 valence electrons. The van der Waals surface area contributed by atoms with E-state index in [1.807, 2.05) is 37.3 Å². The first-order valence-corrected chi connectivity index (χ1v) is 12.0. The zero-order valence-corrected chi connectivity index (χ0v) is 19.6. The second-order valence-corrected chi connectivity index (χ2v) is 9.47. The van der Waals surface area contributed by atoms with Crippen molar-refractivity contribution in [2.75, 3.05) is 22.7 Å². The van der Waals surface area contributed by atoms with Crippen molar-refractivity contribution in [3.63, 3.8) is 0 Å². The van der Waals surface area contributed by atoms with Crippen molar-refractivity contribution in [3.05, 3.63) is 85.9 Å². The van der Waals surface area contributed by atoms with Crippen LogP contribution in [0.15, 0.2) is 69.1 Å². The van der Waals surface area contributed by atoms with Crippen LogP contribution in [0, 0.1) is 6.92 Å². The number of aromatic amines is 2. The number of hydrogen-bond donors (Lipinski definition) is 3. The topological polar surface area (TPSA) is 81.0 Å². The number of hydrogen-bond acceptors (Lipinski definition) is 5. The minimum Gasteiger partial charge on any atom is -0.372 e. The lowest BCUT2D eigenvalue weighted by Crippen LogP contribution is -2.28. The average Bonchev–Trinajstić information content (AvgIpc) is 3.34. The van der Waals surface area contributed by atoms with E-state index < -0.39 is 11.1 Å². The van der Waals surface area contributed by atoms with Gasteiger partial charge in [-0.15, -0.1) is 0 Å². The van der Waals surface area contributed by atoms with Crippen LogP contribution >= 0.6 is 23.5 Å². The summed E-state index contributed by atoms with van der Waals surface area (Å²) in [5.41, 5.74) is 5.06. The van der Waals surface area contributed by atoms with Crippen LogP contribution in [0.25, 0.3) is 22.2 Å². The number of benzene rings is 3. The van der Waals surface area contributed by atoms with Crippen molar-refractivity contribution in [1.29, 1.82) is 0 Å². The first-order valence-electron chi connectivity index (χ1n) is 10.8. The molecule has 3 aromatic carbocycles. The molecule has 1 fully saturated rings. The molecule has 0 atom stereocenters. The minimum atomic E-state index is -0.661. The summed E-state index contributed by atoms with van der Waals surface area (Å²) < 4.78 is 3.33. The van der Waals surface area contributed by atoms with E-state index in [0.717, 1.165) is 40.4 Å². The molecule has 5 rings (SSSR count). The van der Waals surface area contributed by atoms with Crippen LogP contribution in [0.5, 0.6) is 0 Å². The zero-order valence-electron chi connectivity index (χ0n) is 18.1. The van der Waals surface area contributed by atoms with E-state index in [9.17, 15) is 9.59 Å². The van der Waals surface area contributed by atoms with E-state index in [0.29, 0.717) is 16.1 Å². The first kappa shape index (κ1) is 21.7. The number of anilines is 2. The van der Waals surface area contributed by atoms with Gasteiger partial charge in [0, 0.05) is 34.9 Å². The molecule has 4 aromatic rings. The molecule has 0 bridgehead atoms. The van der Waals surface area contributed by atoms with Gasteiger partial charge in [-0.2, -0.15) is 0 Å². The van der Waals surface area contributed by atoms with Crippen molar-refractivity contribution >= 4 is 46.0 Å². The van der Waals surface area contributed by atoms with Gasteiger partial charge in [-0.05, 0) is 79.2 Å². The molecule has 33 heavy (non-hydrogen) atoms. The molecule has 8 heteroatoms. The standard InChI is InChI=1S/C25H23ClN4O2S/c1-15-11-21-22(28-25(32)24(31)27-21)14-23(15)33-29-17-7-8-19(20(26)13-17)16-5-4-6-18(12-16)30-9-2-3-10-30/h4-8,11-14,29H,2-3,9-10H2,1H3,(H,27,31)(H,28,32). The molecule has 6 nitrogen and oxygen atoms in total. The molecule has 0 unspecified atom stereocenters. The third kappa shape index (κ3) is 4.51. The van der Waals surface area contributed by atoms with E-state index in [-0.39, 0.29) is 0 Å². The maximum Gasteiger partial charge on any atom is 0.314 e. The maximum absolute atomic E-state index is 11.7. The van der Waals surface area contributed by atoms with E-state index in [1.54, 1.807) is 0 Å². The summed E-state index contributed by atoms with van der Waals surface area (Å²) in [6.07, 6.45) is 2.49. The number of H-pyrrole nitrogens is 2. The van der Waals surface area contributed by atoms with Gasteiger partial charge in [-0.3, -0.25) is 9.59 Å². The molecule has 1 aliphatic rings. The molecule has 0 amide bonds. The van der Waals surface area contributed by atoms with Gasteiger partial charge in [-0.1, -0.05) is 29.8 Å². The smallest absolute Gasteiger partial charge is 0.314 e. The molecule has 2 heterocycles. The van der Waals surface area contributed by atoms with Crippen LogP contribution in [0.4, 0.5) is 11.4 Å². The first-order chi connectivity index (χ1) is 16.0. The lowest BCUT2D eigenvalue weighted by atomic mass is 10.0. The Labute approximate surface area is 200 Å². The van der Waals surface area contributed by atoms with Crippen LogP contribution in [-0.2, 0) is 0 Å². The van der Waals surface area contributed by atoms with Crippen LogP contribution in [0.2, 0.25) is 5.02 Å². The van der Waals surface area contributed by atoms with Gasteiger partial charge in [0.05, 0.1) is 16.1 Å².